The predicted molar refractivity (Wildman–Crippen MR) is 83.5 cm³/mol. The molecule has 6 heteroatoms. The van der Waals surface area contributed by atoms with Crippen LogP contribution in [-0.4, -0.2) is 32.0 Å². The van der Waals surface area contributed by atoms with E-state index in [-0.39, 0.29) is 6.42 Å². The van der Waals surface area contributed by atoms with Crippen LogP contribution in [0.15, 0.2) is 57.7 Å². The molecule has 0 N–H and O–H groups in total. The van der Waals surface area contributed by atoms with Crippen LogP contribution in [-0.2, 0) is 20.7 Å². The van der Waals surface area contributed by atoms with Crippen molar-refractivity contribution >= 4 is 12.2 Å². The van der Waals surface area contributed by atoms with Crippen molar-refractivity contribution in [2.24, 2.45) is 9.98 Å². The number of hydrogen-bond acceptors (Lipinski definition) is 6. The number of nitrogens with zero attached hydrogens (tertiary/aromatic N) is 2. The van der Waals surface area contributed by atoms with E-state index in [4.69, 9.17) is 9.47 Å². The minimum absolute atomic E-state index is 0.233. The Morgan fingerprint density at radius 3 is 2.52 bits per heavy atom. The largest absolute Gasteiger partial charge is 0.497 e. The number of methoxy groups -OCH3 is 2. The lowest BCUT2D eigenvalue weighted by molar-refractivity contribution is 0.222. The van der Waals surface area contributed by atoms with E-state index in [9.17, 15) is 9.59 Å². The number of isocyanates is 2. The summed E-state index contributed by atoms with van der Waals surface area (Å²) in [4.78, 5) is 28.6. The van der Waals surface area contributed by atoms with Crippen LogP contribution in [0.5, 0.6) is 5.75 Å². The van der Waals surface area contributed by atoms with Crippen LogP contribution in [0.1, 0.15) is 12.0 Å². The van der Waals surface area contributed by atoms with Gasteiger partial charge in [0, 0.05) is 6.42 Å². The molecule has 0 heterocycles. The van der Waals surface area contributed by atoms with E-state index < -0.39 is 5.66 Å². The fourth-order valence-electron chi connectivity index (χ4n) is 2.46. The summed E-state index contributed by atoms with van der Waals surface area (Å²) < 4.78 is 10.5. The topological polar surface area (TPSA) is 77.3 Å². The Balaban J connectivity index is 2.30. The first kappa shape index (κ1) is 16.4. The van der Waals surface area contributed by atoms with Gasteiger partial charge in [0.25, 0.3) is 0 Å². The number of ether oxygens (including phenoxy) is 2. The first-order chi connectivity index (χ1) is 11.2. The highest BCUT2D eigenvalue weighted by Crippen LogP contribution is 2.34. The van der Waals surface area contributed by atoms with Gasteiger partial charge < -0.3 is 9.47 Å². The molecule has 2 rings (SSSR count). The lowest BCUT2D eigenvalue weighted by atomic mass is 9.92. The number of aliphatic imine (C=N–C) groups is 2. The van der Waals surface area contributed by atoms with Crippen LogP contribution in [0.2, 0.25) is 0 Å². The molecule has 118 valence electrons. The zero-order valence-electron chi connectivity index (χ0n) is 12.9. The lowest BCUT2D eigenvalue weighted by Gasteiger charge is -2.26. The van der Waals surface area contributed by atoms with Gasteiger partial charge in [0.1, 0.15) is 11.5 Å². The van der Waals surface area contributed by atoms with E-state index in [1.807, 2.05) is 30.3 Å². The molecule has 0 saturated carbocycles. The van der Waals surface area contributed by atoms with E-state index in [0.717, 1.165) is 16.9 Å². The first-order valence-corrected chi connectivity index (χ1v) is 6.93. The standard InChI is InChI=1S/C17H16N2O4/c1-22-15-5-3-4-13(9-15)8-14-6-7-17(18-11-20,19-12-21)16(10-14)23-2/h3-6,9-10H,7-8H2,1-2H3. The van der Waals surface area contributed by atoms with Gasteiger partial charge in [0.2, 0.25) is 17.8 Å². The second kappa shape index (κ2) is 7.36. The molecule has 0 spiro atoms. The van der Waals surface area contributed by atoms with Crippen LogP contribution in [0.4, 0.5) is 0 Å². The molecule has 0 unspecified atom stereocenters. The van der Waals surface area contributed by atoms with Gasteiger partial charge >= 0.3 is 0 Å². The summed E-state index contributed by atoms with van der Waals surface area (Å²) in [5, 5.41) is 0. The molecule has 1 aliphatic rings. The van der Waals surface area contributed by atoms with Crippen molar-refractivity contribution < 1.29 is 19.1 Å². The quantitative estimate of drug-likeness (QED) is 0.597. The highest BCUT2D eigenvalue weighted by Gasteiger charge is 2.37. The second-order valence-electron chi connectivity index (χ2n) is 4.95. The van der Waals surface area contributed by atoms with Crippen molar-refractivity contribution in [2.45, 2.75) is 18.5 Å². The summed E-state index contributed by atoms with van der Waals surface area (Å²) in [5.41, 5.74) is 0.636. The van der Waals surface area contributed by atoms with Crippen molar-refractivity contribution in [3.05, 3.63) is 53.3 Å². The van der Waals surface area contributed by atoms with Crippen LogP contribution >= 0.6 is 0 Å². The van der Waals surface area contributed by atoms with Crippen molar-refractivity contribution in [1.29, 1.82) is 0 Å². The van der Waals surface area contributed by atoms with Gasteiger partial charge in [0.15, 0.2) is 0 Å². The predicted octanol–water partition coefficient (Wildman–Crippen LogP) is 2.47. The van der Waals surface area contributed by atoms with Crippen LogP contribution in [0, 0.1) is 0 Å². The Bertz CT molecular complexity index is 721. The molecule has 23 heavy (non-hydrogen) atoms. The highest BCUT2D eigenvalue weighted by molar-refractivity contribution is 5.46. The average molecular weight is 312 g/mol. The molecule has 0 radical (unpaired) electrons. The Hall–Kier alpha value is -2.94. The maximum atomic E-state index is 10.7. The summed E-state index contributed by atoms with van der Waals surface area (Å²) in [6, 6.07) is 7.71. The molecule has 0 aliphatic heterocycles. The molecule has 0 aromatic heterocycles. The molecule has 0 saturated heterocycles. The Labute approximate surface area is 133 Å². The fraction of sp³-hybridized carbons (Fsp3) is 0.294. The number of carbonyl (C=O) groups excluding carboxylic acids is 2. The van der Waals surface area contributed by atoms with Gasteiger partial charge in [0.05, 0.1) is 14.2 Å². The van der Waals surface area contributed by atoms with E-state index in [1.54, 1.807) is 13.2 Å². The number of rotatable bonds is 6. The fourth-order valence-corrected chi connectivity index (χ4v) is 2.46. The third-order valence-electron chi connectivity index (χ3n) is 3.58. The van der Waals surface area contributed by atoms with E-state index in [2.05, 4.69) is 9.98 Å². The second-order valence-corrected chi connectivity index (χ2v) is 4.95. The molecular formula is C17H16N2O4. The van der Waals surface area contributed by atoms with Gasteiger partial charge in [-0.1, -0.05) is 18.2 Å². The minimum Gasteiger partial charge on any atom is -0.497 e. The number of benzene rings is 1. The van der Waals surface area contributed by atoms with Crippen LogP contribution in [0.3, 0.4) is 0 Å². The molecule has 0 fully saturated rings. The zero-order valence-corrected chi connectivity index (χ0v) is 12.9. The van der Waals surface area contributed by atoms with Crippen molar-refractivity contribution in [2.75, 3.05) is 14.2 Å². The third-order valence-corrected chi connectivity index (χ3v) is 3.58. The number of allylic oxidation sites excluding steroid dienone is 2. The SMILES string of the molecule is COC1=CC(Cc2cccc(OC)c2)=CCC1(N=C=O)N=C=O. The number of hydrogen-bond donors (Lipinski definition) is 0. The van der Waals surface area contributed by atoms with Crippen LogP contribution in [0.25, 0.3) is 0 Å². The summed E-state index contributed by atoms with van der Waals surface area (Å²) in [7, 11) is 3.06. The van der Waals surface area contributed by atoms with Gasteiger partial charge in [-0.25, -0.2) is 9.59 Å². The highest BCUT2D eigenvalue weighted by atomic mass is 16.5. The van der Waals surface area contributed by atoms with Crippen molar-refractivity contribution in [1.82, 2.24) is 0 Å². The van der Waals surface area contributed by atoms with Crippen LogP contribution < -0.4 is 4.74 Å². The first-order valence-electron chi connectivity index (χ1n) is 6.93. The molecule has 0 amide bonds. The smallest absolute Gasteiger partial charge is 0.238 e. The van der Waals surface area contributed by atoms with E-state index >= 15 is 0 Å². The molecule has 1 aliphatic carbocycles. The normalized spacial score (nSPS) is 19.6. The zero-order chi connectivity index (χ0) is 16.7. The Morgan fingerprint density at radius 1 is 1.17 bits per heavy atom. The van der Waals surface area contributed by atoms with Gasteiger partial charge in [-0.2, -0.15) is 9.98 Å². The Kier molecular flexibility index (Phi) is 5.26. The maximum absolute atomic E-state index is 10.7. The van der Waals surface area contributed by atoms with Crippen molar-refractivity contribution in [3.63, 3.8) is 0 Å². The third kappa shape index (κ3) is 3.64. The minimum atomic E-state index is -1.39. The molecular weight excluding hydrogens is 296 g/mol. The maximum Gasteiger partial charge on any atom is 0.238 e. The summed E-state index contributed by atoms with van der Waals surface area (Å²) >= 11 is 0. The monoisotopic (exact) mass is 312 g/mol. The molecule has 1 aromatic carbocycles. The molecule has 1 aromatic rings. The van der Waals surface area contributed by atoms with Crippen molar-refractivity contribution in [3.8, 4) is 5.75 Å². The lowest BCUT2D eigenvalue weighted by Crippen LogP contribution is -2.29. The Morgan fingerprint density at radius 2 is 1.91 bits per heavy atom. The summed E-state index contributed by atoms with van der Waals surface area (Å²) in [5.74, 6) is 1.09. The summed E-state index contributed by atoms with van der Waals surface area (Å²) in [6.45, 7) is 0. The van der Waals surface area contributed by atoms with Gasteiger partial charge in [-0.3, -0.25) is 0 Å². The van der Waals surface area contributed by atoms with Gasteiger partial charge in [-0.05, 0) is 35.8 Å². The molecule has 0 atom stereocenters. The molecule has 6 nitrogen and oxygen atoms in total. The van der Waals surface area contributed by atoms with Gasteiger partial charge in [-0.15, -0.1) is 0 Å². The van der Waals surface area contributed by atoms with E-state index in [1.165, 1.54) is 19.3 Å². The average Bonchev–Trinajstić information content (AvgIpc) is 2.57. The molecule has 0 bridgehead atoms. The summed E-state index contributed by atoms with van der Waals surface area (Å²) in [6.07, 6.45) is 7.36. The van der Waals surface area contributed by atoms with E-state index in [0.29, 0.717) is 12.2 Å².